The number of aromatic nitrogens is 2. The highest BCUT2D eigenvalue weighted by Gasteiger charge is 2.26. The summed E-state index contributed by atoms with van der Waals surface area (Å²) in [5.74, 6) is -0.287. The van der Waals surface area contributed by atoms with E-state index in [2.05, 4.69) is 4.98 Å². The Morgan fingerprint density at radius 1 is 1.40 bits per heavy atom. The minimum atomic E-state index is -0.420. The fraction of sp³-hybridized carbons (Fsp3) is 0.429. The lowest BCUT2D eigenvalue weighted by atomic mass is 10.2. The van der Waals surface area contributed by atoms with Crippen molar-refractivity contribution in [1.82, 2.24) is 14.5 Å². The highest BCUT2D eigenvalue weighted by atomic mass is 32.1. The van der Waals surface area contributed by atoms with Gasteiger partial charge < -0.3 is 14.5 Å². The fourth-order valence-electron chi connectivity index (χ4n) is 2.79. The molecule has 0 bridgehead atoms. The van der Waals surface area contributed by atoms with Gasteiger partial charge in [0.2, 0.25) is 5.91 Å². The van der Waals surface area contributed by atoms with Crippen LogP contribution < -0.4 is 0 Å². The first-order chi connectivity index (χ1) is 9.58. The first kappa shape index (κ1) is 13.3. The molecule has 106 valence electrons. The number of hydrogen-bond donors (Lipinski definition) is 1. The monoisotopic (exact) mass is 293 g/mol. The lowest BCUT2D eigenvalue weighted by Crippen LogP contribution is -2.34. The van der Waals surface area contributed by atoms with Gasteiger partial charge in [-0.2, -0.15) is 0 Å². The highest BCUT2D eigenvalue weighted by molar-refractivity contribution is 7.71. The van der Waals surface area contributed by atoms with Crippen LogP contribution in [0.3, 0.4) is 0 Å². The molecule has 0 radical (unpaired) electrons. The van der Waals surface area contributed by atoms with Gasteiger partial charge in [0.05, 0.1) is 11.0 Å². The zero-order chi connectivity index (χ0) is 14.3. The predicted molar refractivity (Wildman–Crippen MR) is 77.6 cm³/mol. The van der Waals surface area contributed by atoms with Gasteiger partial charge in [0.1, 0.15) is 11.9 Å². The zero-order valence-corrected chi connectivity index (χ0v) is 12.0. The molecule has 1 aliphatic heterocycles. The SMILES string of the molecule is CC(C(=O)N1CCCC1)n1c(=S)[nH]c2ccc(F)cc21. The van der Waals surface area contributed by atoms with Crippen molar-refractivity contribution < 1.29 is 9.18 Å². The molecule has 20 heavy (non-hydrogen) atoms. The van der Waals surface area contributed by atoms with Crippen molar-refractivity contribution >= 4 is 29.2 Å². The van der Waals surface area contributed by atoms with Crippen LogP contribution in [0.25, 0.3) is 11.0 Å². The molecule has 4 nitrogen and oxygen atoms in total. The van der Waals surface area contributed by atoms with Gasteiger partial charge in [0.25, 0.3) is 0 Å². The molecule has 6 heteroatoms. The van der Waals surface area contributed by atoms with E-state index in [1.165, 1.54) is 12.1 Å². The maximum atomic E-state index is 13.4. The third-order valence-corrected chi connectivity index (χ3v) is 4.14. The lowest BCUT2D eigenvalue weighted by molar-refractivity contribution is -0.133. The third-order valence-electron chi connectivity index (χ3n) is 3.84. The van der Waals surface area contributed by atoms with Crippen molar-refractivity contribution in [3.8, 4) is 0 Å². The Kier molecular flexibility index (Phi) is 3.33. The summed E-state index contributed by atoms with van der Waals surface area (Å²) >= 11 is 5.28. The largest absolute Gasteiger partial charge is 0.341 e. The van der Waals surface area contributed by atoms with E-state index in [-0.39, 0.29) is 11.7 Å². The Hall–Kier alpha value is -1.69. The van der Waals surface area contributed by atoms with E-state index in [1.54, 1.807) is 10.6 Å². The van der Waals surface area contributed by atoms with Crippen molar-refractivity contribution in [1.29, 1.82) is 0 Å². The van der Waals surface area contributed by atoms with E-state index >= 15 is 0 Å². The van der Waals surface area contributed by atoms with Crippen LogP contribution in [-0.4, -0.2) is 33.4 Å². The van der Waals surface area contributed by atoms with Crippen molar-refractivity contribution in [2.45, 2.75) is 25.8 Å². The number of H-pyrrole nitrogens is 1. The molecule has 1 amide bonds. The second-order valence-electron chi connectivity index (χ2n) is 5.17. The average molecular weight is 293 g/mol. The number of nitrogens with one attached hydrogen (secondary N) is 1. The van der Waals surface area contributed by atoms with E-state index in [0.29, 0.717) is 10.3 Å². The van der Waals surface area contributed by atoms with Gasteiger partial charge in [-0.05, 0) is 50.2 Å². The lowest BCUT2D eigenvalue weighted by Gasteiger charge is -2.21. The molecule has 2 heterocycles. The summed E-state index contributed by atoms with van der Waals surface area (Å²) in [6.07, 6.45) is 2.10. The number of aromatic amines is 1. The van der Waals surface area contributed by atoms with E-state index in [9.17, 15) is 9.18 Å². The van der Waals surface area contributed by atoms with Gasteiger partial charge in [-0.3, -0.25) is 4.79 Å². The van der Waals surface area contributed by atoms with E-state index < -0.39 is 6.04 Å². The number of likely N-dealkylation sites (tertiary alicyclic amines) is 1. The van der Waals surface area contributed by atoms with Gasteiger partial charge in [0.15, 0.2) is 4.77 Å². The number of rotatable bonds is 2. The summed E-state index contributed by atoms with van der Waals surface area (Å²) in [6.45, 7) is 3.41. The second kappa shape index (κ2) is 5.01. The fourth-order valence-corrected chi connectivity index (χ4v) is 3.16. The van der Waals surface area contributed by atoms with Gasteiger partial charge >= 0.3 is 0 Å². The van der Waals surface area contributed by atoms with Crippen molar-refractivity contribution in [2.75, 3.05) is 13.1 Å². The smallest absolute Gasteiger partial charge is 0.245 e. The number of fused-ring (bicyclic) bond motifs is 1. The number of carbonyl (C=O) groups is 1. The topological polar surface area (TPSA) is 41.0 Å². The van der Waals surface area contributed by atoms with Crippen LogP contribution in [0.15, 0.2) is 18.2 Å². The number of carbonyl (C=O) groups excluding carboxylic acids is 1. The van der Waals surface area contributed by atoms with Crippen LogP contribution in [0.1, 0.15) is 25.8 Å². The Morgan fingerprint density at radius 2 is 2.10 bits per heavy atom. The van der Waals surface area contributed by atoms with Crippen molar-refractivity contribution in [2.24, 2.45) is 0 Å². The Bertz CT molecular complexity index is 715. The van der Waals surface area contributed by atoms with E-state index in [1.807, 2.05) is 11.8 Å². The molecule has 0 saturated carbocycles. The Labute approximate surface area is 121 Å². The van der Waals surface area contributed by atoms with Crippen LogP contribution in [0.4, 0.5) is 4.39 Å². The first-order valence-corrected chi connectivity index (χ1v) is 7.17. The minimum Gasteiger partial charge on any atom is -0.341 e. The summed E-state index contributed by atoms with van der Waals surface area (Å²) in [4.78, 5) is 17.3. The molecule has 2 aromatic rings. The molecule has 0 aliphatic carbocycles. The standard InChI is InChI=1S/C14H16FN3OS/c1-9(13(19)17-6-2-3-7-17)18-12-8-10(15)4-5-11(12)16-14(18)20/h4-5,8-9H,2-3,6-7H2,1H3,(H,16,20). The number of nitrogens with zero attached hydrogens (tertiary/aromatic N) is 2. The quantitative estimate of drug-likeness (QED) is 0.865. The number of hydrogen-bond acceptors (Lipinski definition) is 2. The van der Waals surface area contributed by atoms with Gasteiger partial charge in [-0.1, -0.05) is 0 Å². The van der Waals surface area contributed by atoms with Gasteiger partial charge in [0, 0.05) is 13.1 Å². The van der Waals surface area contributed by atoms with Gasteiger partial charge in [-0.15, -0.1) is 0 Å². The Morgan fingerprint density at radius 3 is 2.80 bits per heavy atom. The maximum Gasteiger partial charge on any atom is 0.245 e. The predicted octanol–water partition coefficient (Wildman–Crippen LogP) is 3.02. The average Bonchev–Trinajstić information content (AvgIpc) is 3.04. The summed E-state index contributed by atoms with van der Waals surface area (Å²) in [5, 5.41) is 0. The van der Waals surface area contributed by atoms with Crippen molar-refractivity contribution in [3.05, 3.63) is 28.8 Å². The molecule has 1 atom stereocenters. The third kappa shape index (κ3) is 2.14. The molecular weight excluding hydrogens is 277 g/mol. The van der Waals surface area contributed by atoms with Crippen LogP contribution >= 0.6 is 12.2 Å². The minimum absolute atomic E-state index is 0.0451. The summed E-state index contributed by atoms with van der Waals surface area (Å²) in [7, 11) is 0. The number of imidazole rings is 1. The molecule has 3 rings (SSSR count). The van der Waals surface area contributed by atoms with Crippen molar-refractivity contribution in [3.63, 3.8) is 0 Å². The number of benzene rings is 1. The van der Waals surface area contributed by atoms with Crippen LogP contribution in [0.2, 0.25) is 0 Å². The number of amides is 1. The maximum absolute atomic E-state index is 13.4. The number of halogens is 1. The highest BCUT2D eigenvalue weighted by Crippen LogP contribution is 2.23. The second-order valence-corrected chi connectivity index (χ2v) is 5.56. The molecule has 1 aromatic heterocycles. The zero-order valence-electron chi connectivity index (χ0n) is 11.2. The molecule has 1 N–H and O–H groups in total. The van der Waals surface area contributed by atoms with Crippen LogP contribution in [0.5, 0.6) is 0 Å². The molecule has 1 aromatic carbocycles. The molecular formula is C14H16FN3OS. The molecule has 1 unspecified atom stereocenters. The van der Waals surface area contributed by atoms with Crippen LogP contribution in [0, 0.1) is 10.6 Å². The molecule has 0 spiro atoms. The van der Waals surface area contributed by atoms with Gasteiger partial charge in [-0.25, -0.2) is 4.39 Å². The summed E-state index contributed by atoms with van der Waals surface area (Å²) in [5.41, 5.74) is 1.38. The summed E-state index contributed by atoms with van der Waals surface area (Å²) in [6, 6.07) is 4.01. The summed E-state index contributed by atoms with van der Waals surface area (Å²) < 4.78 is 15.6. The Balaban J connectivity index is 2.04. The molecule has 1 fully saturated rings. The van der Waals surface area contributed by atoms with E-state index in [0.717, 1.165) is 31.4 Å². The molecule has 1 aliphatic rings. The van der Waals surface area contributed by atoms with Crippen LogP contribution in [-0.2, 0) is 4.79 Å². The first-order valence-electron chi connectivity index (χ1n) is 6.76. The molecule has 1 saturated heterocycles. The normalized spacial score (nSPS) is 16.8. The van der Waals surface area contributed by atoms with E-state index in [4.69, 9.17) is 12.2 Å².